The van der Waals surface area contributed by atoms with E-state index in [1.54, 1.807) is 24.4 Å². The van der Waals surface area contributed by atoms with Gasteiger partial charge in [0.05, 0.1) is 5.83 Å². The number of benzene rings is 1. The molecule has 3 nitrogen and oxygen atoms in total. The van der Waals surface area contributed by atoms with Gasteiger partial charge in [0, 0.05) is 24.4 Å². The van der Waals surface area contributed by atoms with Gasteiger partial charge in [0.25, 0.3) is 0 Å². The zero-order valence-electron chi connectivity index (χ0n) is 14.8. The molecule has 26 heavy (non-hydrogen) atoms. The van der Waals surface area contributed by atoms with Crippen molar-refractivity contribution < 1.29 is 9.50 Å². The molecule has 0 saturated heterocycles. The highest BCUT2D eigenvalue weighted by atomic mass is 19.1. The molecule has 3 rings (SSSR count). The van der Waals surface area contributed by atoms with Crippen LogP contribution in [0.2, 0.25) is 0 Å². The largest absolute Gasteiger partial charge is 0.508 e. The molecule has 2 aromatic rings. The number of nitrogens with zero attached hydrogens (tertiary/aromatic N) is 1. The lowest BCUT2D eigenvalue weighted by molar-refractivity contribution is 0.475. The summed E-state index contributed by atoms with van der Waals surface area (Å²) in [5.41, 5.74) is 5.25. The van der Waals surface area contributed by atoms with Crippen LogP contribution in [0.3, 0.4) is 0 Å². The standard InChI is InChI=1S/C22H21FN2O/c1-15(6-3-4-7-16(2)23)19-10-18-11-20(14-25-22(18)24-13-19)17-8-5-9-21(26)12-17/h3-9,11-14,26H,10H2,1-2H3,(H,24,25)/b4-3-,15-6+,16-7+. The molecule has 1 aliphatic rings. The molecule has 4 heteroatoms. The number of aromatic nitrogens is 1. The maximum Gasteiger partial charge on any atom is 0.133 e. The van der Waals surface area contributed by atoms with E-state index in [1.807, 2.05) is 37.4 Å². The van der Waals surface area contributed by atoms with Crippen molar-refractivity contribution in [1.82, 2.24) is 4.98 Å². The number of pyridine rings is 1. The fourth-order valence-electron chi connectivity index (χ4n) is 2.78. The van der Waals surface area contributed by atoms with E-state index in [2.05, 4.69) is 16.4 Å². The molecule has 0 amide bonds. The second kappa shape index (κ2) is 7.83. The van der Waals surface area contributed by atoms with Gasteiger partial charge in [-0.2, -0.15) is 0 Å². The zero-order chi connectivity index (χ0) is 18.5. The maximum atomic E-state index is 12.7. The van der Waals surface area contributed by atoms with Gasteiger partial charge < -0.3 is 10.4 Å². The Morgan fingerprint density at radius 1 is 1.15 bits per heavy atom. The molecule has 2 N–H and O–H groups in total. The van der Waals surface area contributed by atoms with Crippen LogP contribution in [-0.2, 0) is 6.42 Å². The number of anilines is 1. The first-order chi connectivity index (χ1) is 12.5. The van der Waals surface area contributed by atoms with Gasteiger partial charge >= 0.3 is 0 Å². The van der Waals surface area contributed by atoms with Gasteiger partial charge in [0.15, 0.2) is 0 Å². The molecule has 0 radical (unpaired) electrons. The number of hydrogen-bond acceptors (Lipinski definition) is 3. The van der Waals surface area contributed by atoms with Crippen LogP contribution in [0.1, 0.15) is 19.4 Å². The number of nitrogens with one attached hydrogen (secondary N) is 1. The SMILES string of the molecule is C\C(F)=C/C=C\C=C(/C)C1=CNc2ncc(-c3cccc(O)c3)cc2C1. The van der Waals surface area contributed by atoms with Gasteiger partial charge in [-0.15, -0.1) is 0 Å². The molecule has 1 aromatic heterocycles. The van der Waals surface area contributed by atoms with Gasteiger partial charge in [-0.3, -0.25) is 0 Å². The number of rotatable bonds is 4. The minimum atomic E-state index is -0.217. The Kier molecular flexibility index (Phi) is 5.32. The summed E-state index contributed by atoms with van der Waals surface area (Å²) < 4.78 is 12.7. The van der Waals surface area contributed by atoms with Crippen molar-refractivity contribution in [3.63, 3.8) is 0 Å². The molecule has 1 aliphatic heterocycles. The van der Waals surface area contributed by atoms with Crippen LogP contribution in [0.25, 0.3) is 11.1 Å². The second-order valence-electron chi connectivity index (χ2n) is 6.26. The molecule has 0 unspecified atom stereocenters. The molecule has 0 fully saturated rings. The quantitative estimate of drug-likeness (QED) is 0.699. The number of fused-ring (bicyclic) bond motifs is 1. The predicted molar refractivity (Wildman–Crippen MR) is 105 cm³/mol. The third kappa shape index (κ3) is 4.28. The lowest BCUT2D eigenvalue weighted by Gasteiger charge is -2.19. The average molecular weight is 348 g/mol. The number of phenolic OH excluding ortho intramolecular Hbond substituents is 1. The highest BCUT2D eigenvalue weighted by molar-refractivity contribution is 5.68. The Labute approximate surface area is 152 Å². The molecule has 2 heterocycles. The average Bonchev–Trinajstić information content (AvgIpc) is 2.64. The molecule has 0 saturated carbocycles. The monoisotopic (exact) mass is 348 g/mol. The van der Waals surface area contributed by atoms with E-state index < -0.39 is 0 Å². The third-order valence-electron chi connectivity index (χ3n) is 4.20. The summed E-state index contributed by atoms with van der Waals surface area (Å²) in [6.07, 6.45) is 11.4. The van der Waals surface area contributed by atoms with Crippen LogP contribution in [0.15, 0.2) is 84.0 Å². The normalized spacial score (nSPS) is 14.8. The van der Waals surface area contributed by atoms with E-state index in [0.717, 1.165) is 40.1 Å². The third-order valence-corrected chi connectivity index (χ3v) is 4.20. The van der Waals surface area contributed by atoms with Gasteiger partial charge in [-0.1, -0.05) is 30.4 Å². The summed E-state index contributed by atoms with van der Waals surface area (Å²) in [5.74, 6) is 0.865. The van der Waals surface area contributed by atoms with Crippen LogP contribution in [0.4, 0.5) is 10.2 Å². The molecule has 1 aromatic carbocycles. The van der Waals surface area contributed by atoms with E-state index in [0.29, 0.717) is 0 Å². The summed E-state index contributed by atoms with van der Waals surface area (Å²) in [7, 11) is 0. The summed E-state index contributed by atoms with van der Waals surface area (Å²) in [6.45, 7) is 3.45. The van der Waals surface area contributed by atoms with E-state index in [9.17, 15) is 9.50 Å². The lowest BCUT2D eigenvalue weighted by atomic mass is 9.95. The van der Waals surface area contributed by atoms with E-state index in [1.165, 1.54) is 13.0 Å². The summed E-state index contributed by atoms with van der Waals surface area (Å²) in [4.78, 5) is 4.49. The van der Waals surface area contributed by atoms with E-state index in [-0.39, 0.29) is 11.6 Å². The summed E-state index contributed by atoms with van der Waals surface area (Å²) >= 11 is 0. The Morgan fingerprint density at radius 3 is 2.73 bits per heavy atom. The first kappa shape index (κ1) is 17.7. The zero-order valence-corrected chi connectivity index (χ0v) is 14.8. The number of aromatic hydroxyl groups is 1. The van der Waals surface area contributed by atoms with Crippen LogP contribution in [0, 0.1) is 0 Å². The Morgan fingerprint density at radius 2 is 1.96 bits per heavy atom. The van der Waals surface area contributed by atoms with E-state index in [4.69, 9.17) is 0 Å². The number of hydrogen-bond donors (Lipinski definition) is 2. The van der Waals surface area contributed by atoms with Gasteiger partial charge in [-0.05, 0) is 60.4 Å². The highest BCUT2D eigenvalue weighted by Crippen LogP contribution is 2.30. The molecule has 132 valence electrons. The Bertz CT molecular complexity index is 935. The lowest BCUT2D eigenvalue weighted by Crippen LogP contribution is -2.08. The van der Waals surface area contributed by atoms with Gasteiger partial charge in [0.1, 0.15) is 11.6 Å². The highest BCUT2D eigenvalue weighted by Gasteiger charge is 2.14. The Hall–Kier alpha value is -3.14. The van der Waals surface area contributed by atoms with Crippen molar-refractivity contribution in [2.24, 2.45) is 0 Å². The van der Waals surface area contributed by atoms with Gasteiger partial charge in [0.2, 0.25) is 0 Å². The molecular weight excluding hydrogens is 327 g/mol. The fourth-order valence-corrected chi connectivity index (χ4v) is 2.78. The molecule has 0 aliphatic carbocycles. The summed E-state index contributed by atoms with van der Waals surface area (Å²) in [6, 6.07) is 9.24. The first-order valence-electron chi connectivity index (χ1n) is 8.44. The van der Waals surface area contributed by atoms with Crippen molar-refractivity contribution in [3.8, 4) is 16.9 Å². The predicted octanol–water partition coefficient (Wildman–Crippen LogP) is 5.68. The smallest absolute Gasteiger partial charge is 0.133 e. The molecule has 0 bridgehead atoms. The van der Waals surface area contributed by atoms with Crippen LogP contribution in [-0.4, -0.2) is 10.1 Å². The molecular formula is C22H21FN2O. The van der Waals surface area contributed by atoms with Crippen molar-refractivity contribution >= 4 is 5.82 Å². The summed E-state index contributed by atoms with van der Waals surface area (Å²) in [5, 5.41) is 12.9. The van der Waals surface area contributed by atoms with Crippen molar-refractivity contribution in [2.75, 3.05) is 5.32 Å². The first-order valence-corrected chi connectivity index (χ1v) is 8.44. The topological polar surface area (TPSA) is 45.2 Å². The van der Waals surface area contributed by atoms with Crippen LogP contribution in [0.5, 0.6) is 5.75 Å². The number of allylic oxidation sites excluding steroid dienone is 7. The van der Waals surface area contributed by atoms with Crippen LogP contribution >= 0.6 is 0 Å². The number of halogens is 1. The fraction of sp³-hybridized carbons (Fsp3) is 0.136. The maximum absolute atomic E-state index is 12.7. The molecule has 0 atom stereocenters. The minimum absolute atomic E-state index is 0.217. The van der Waals surface area contributed by atoms with E-state index >= 15 is 0 Å². The minimum Gasteiger partial charge on any atom is -0.508 e. The van der Waals surface area contributed by atoms with Gasteiger partial charge in [-0.25, -0.2) is 9.37 Å². The van der Waals surface area contributed by atoms with Crippen molar-refractivity contribution in [3.05, 3.63) is 89.6 Å². The molecule has 0 spiro atoms. The number of phenols is 1. The Balaban J connectivity index is 1.81. The van der Waals surface area contributed by atoms with Crippen LogP contribution < -0.4 is 5.32 Å². The van der Waals surface area contributed by atoms with Crippen molar-refractivity contribution in [1.29, 1.82) is 0 Å². The second-order valence-corrected chi connectivity index (χ2v) is 6.26. The van der Waals surface area contributed by atoms with Crippen molar-refractivity contribution in [2.45, 2.75) is 20.3 Å².